The number of para-hydroxylation sites is 2. The van der Waals surface area contributed by atoms with E-state index >= 15 is 0 Å². The lowest BCUT2D eigenvalue weighted by atomic mass is 10.1. The van der Waals surface area contributed by atoms with Gasteiger partial charge in [-0.2, -0.15) is 0 Å². The highest BCUT2D eigenvalue weighted by molar-refractivity contribution is 6.31. The molecule has 35 heavy (non-hydrogen) atoms. The number of aryl methyl sites for hydroxylation is 3. The lowest BCUT2D eigenvalue weighted by molar-refractivity contribution is -0.123. The summed E-state index contributed by atoms with van der Waals surface area (Å²) in [5.74, 6) is 1.02. The van der Waals surface area contributed by atoms with Gasteiger partial charge in [0.15, 0.2) is 6.61 Å². The van der Waals surface area contributed by atoms with Crippen molar-refractivity contribution in [3.8, 4) is 5.75 Å². The maximum Gasteiger partial charge on any atom is 0.265 e. The molecule has 1 N–H and O–H groups in total. The first-order valence-electron chi connectivity index (χ1n) is 11.6. The molecule has 0 atom stereocenters. The van der Waals surface area contributed by atoms with Crippen LogP contribution in [0.15, 0.2) is 66.7 Å². The number of amides is 2. The molecular formula is C27H25ClN4O3. The first-order chi connectivity index (χ1) is 17.0. The van der Waals surface area contributed by atoms with Gasteiger partial charge in [0.1, 0.15) is 18.1 Å². The maximum atomic E-state index is 12.7. The average Bonchev–Trinajstić information content (AvgIpc) is 3.23. The van der Waals surface area contributed by atoms with Crippen molar-refractivity contribution >= 4 is 45.8 Å². The molecule has 178 valence electrons. The summed E-state index contributed by atoms with van der Waals surface area (Å²) in [5, 5.41) is 3.34. The molecule has 5 rings (SSSR count). The van der Waals surface area contributed by atoms with Crippen molar-refractivity contribution in [1.29, 1.82) is 0 Å². The second-order valence-electron chi connectivity index (χ2n) is 8.39. The number of nitrogens with one attached hydrogen (secondary N) is 1. The van der Waals surface area contributed by atoms with Crippen LogP contribution in [0.1, 0.15) is 18.3 Å². The Morgan fingerprint density at radius 3 is 2.69 bits per heavy atom. The number of carbonyl (C=O) groups is 2. The molecule has 0 unspecified atom stereocenters. The Kier molecular flexibility index (Phi) is 6.42. The van der Waals surface area contributed by atoms with Gasteiger partial charge in [-0.1, -0.05) is 35.9 Å². The third-order valence-electron chi connectivity index (χ3n) is 6.09. The summed E-state index contributed by atoms with van der Waals surface area (Å²) in [6.45, 7) is 2.78. The van der Waals surface area contributed by atoms with Crippen molar-refractivity contribution in [2.75, 3.05) is 23.4 Å². The molecule has 7 nitrogen and oxygen atoms in total. The normalized spacial score (nSPS) is 13.0. The molecule has 0 bridgehead atoms. The quantitative estimate of drug-likeness (QED) is 0.403. The topological polar surface area (TPSA) is 76.5 Å². The summed E-state index contributed by atoms with van der Waals surface area (Å²) in [4.78, 5) is 31.2. The Balaban J connectivity index is 1.21. The molecule has 2 amide bonds. The van der Waals surface area contributed by atoms with Crippen LogP contribution < -0.4 is 15.0 Å². The number of anilines is 2. The van der Waals surface area contributed by atoms with Gasteiger partial charge in [-0.05, 0) is 61.4 Å². The highest BCUT2D eigenvalue weighted by Crippen LogP contribution is 2.34. The van der Waals surface area contributed by atoms with Crippen LogP contribution >= 0.6 is 11.6 Å². The van der Waals surface area contributed by atoms with Gasteiger partial charge in [-0.3, -0.25) is 14.5 Å². The van der Waals surface area contributed by atoms with E-state index in [1.54, 1.807) is 18.2 Å². The zero-order valence-corrected chi connectivity index (χ0v) is 20.1. The molecule has 0 aliphatic carbocycles. The van der Waals surface area contributed by atoms with E-state index in [2.05, 4.69) is 22.9 Å². The molecule has 1 aliphatic rings. The fraction of sp³-hybridized carbons (Fsp3) is 0.222. The fourth-order valence-corrected chi connectivity index (χ4v) is 4.54. The van der Waals surface area contributed by atoms with Crippen molar-refractivity contribution < 1.29 is 14.3 Å². The summed E-state index contributed by atoms with van der Waals surface area (Å²) >= 11 is 6.07. The van der Waals surface area contributed by atoms with Crippen LogP contribution in [-0.2, 0) is 29.0 Å². The van der Waals surface area contributed by atoms with E-state index in [0.29, 0.717) is 22.1 Å². The second kappa shape index (κ2) is 9.80. The van der Waals surface area contributed by atoms with E-state index < -0.39 is 0 Å². The molecule has 0 fully saturated rings. The van der Waals surface area contributed by atoms with Crippen molar-refractivity contribution in [2.24, 2.45) is 0 Å². The minimum absolute atomic E-state index is 0.109. The Morgan fingerprint density at radius 2 is 1.89 bits per heavy atom. The van der Waals surface area contributed by atoms with Gasteiger partial charge >= 0.3 is 0 Å². The zero-order valence-electron chi connectivity index (χ0n) is 19.3. The summed E-state index contributed by atoms with van der Waals surface area (Å²) in [5.41, 5.74) is 4.51. The van der Waals surface area contributed by atoms with Crippen LogP contribution in [0.4, 0.5) is 11.4 Å². The number of fused-ring (bicyclic) bond motifs is 2. The van der Waals surface area contributed by atoms with Crippen molar-refractivity contribution in [2.45, 2.75) is 26.3 Å². The van der Waals surface area contributed by atoms with Crippen LogP contribution in [0.2, 0.25) is 5.02 Å². The van der Waals surface area contributed by atoms with Gasteiger partial charge in [0, 0.05) is 23.7 Å². The lowest BCUT2D eigenvalue weighted by Crippen LogP contribution is -2.43. The number of imidazole rings is 1. The van der Waals surface area contributed by atoms with Gasteiger partial charge in [0.25, 0.3) is 5.91 Å². The van der Waals surface area contributed by atoms with Crippen LogP contribution in [-0.4, -0.2) is 34.5 Å². The second-order valence-corrected chi connectivity index (χ2v) is 8.82. The van der Waals surface area contributed by atoms with Crippen LogP contribution in [0.25, 0.3) is 11.0 Å². The van der Waals surface area contributed by atoms with Crippen LogP contribution in [0.3, 0.4) is 0 Å². The number of aromatic nitrogens is 2. The Bertz CT molecular complexity index is 1400. The standard InChI is InChI=1S/C27H25ClN4O3/c1-2-31-22-6-4-3-5-21(22)30-25(31)14-9-18-7-11-20(12-8-18)29-26(33)16-32-23-15-19(28)10-13-24(23)35-17-27(32)34/h3-8,10-13,15H,2,9,14,16-17H2,1H3,(H,29,33). The van der Waals surface area contributed by atoms with E-state index in [9.17, 15) is 9.59 Å². The molecule has 3 aromatic carbocycles. The molecule has 2 heterocycles. The molecule has 1 aromatic heterocycles. The number of carbonyl (C=O) groups excluding carboxylic acids is 2. The maximum absolute atomic E-state index is 12.7. The van der Waals surface area contributed by atoms with Gasteiger partial charge in [-0.15, -0.1) is 0 Å². The van der Waals surface area contributed by atoms with Crippen molar-refractivity contribution in [1.82, 2.24) is 9.55 Å². The lowest BCUT2D eigenvalue weighted by Gasteiger charge is -2.29. The predicted molar refractivity (Wildman–Crippen MR) is 137 cm³/mol. The SMILES string of the molecule is CCn1c(CCc2ccc(NC(=O)CN3C(=O)COc4ccc(Cl)cc43)cc2)nc2ccccc21. The Hall–Kier alpha value is -3.84. The summed E-state index contributed by atoms with van der Waals surface area (Å²) in [7, 11) is 0. The third kappa shape index (κ3) is 4.86. The summed E-state index contributed by atoms with van der Waals surface area (Å²) in [6, 6.07) is 21.0. The number of hydrogen-bond donors (Lipinski definition) is 1. The summed E-state index contributed by atoms with van der Waals surface area (Å²) in [6.07, 6.45) is 1.67. The molecule has 1 aliphatic heterocycles. The molecule has 4 aromatic rings. The average molecular weight is 489 g/mol. The van der Waals surface area contributed by atoms with Crippen LogP contribution in [0, 0.1) is 0 Å². The van der Waals surface area contributed by atoms with Gasteiger partial charge < -0.3 is 14.6 Å². The Morgan fingerprint density at radius 1 is 1.09 bits per heavy atom. The first kappa shape index (κ1) is 22.9. The zero-order chi connectivity index (χ0) is 24.4. The predicted octanol–water partition coefficient (Wildman–Crippen LogP) is 4.86. The molecule has 0 saturated heterocycles. The third-order valence-corrected chi connectivity index (χ3v) is 6.33. The highest BCUT2D eigenvalue weighted by Gasteiger charge is 2.27. The van der Waals surface area contributed by atoms with Gasteiger partial charge in [0.2, 0.25) is 5.91 Å². The van der Waals surface area contributed by atoms with Crippen molar-refractivity contribution in [3.05, 3.63) is 83.1 Å². The largest absolute Gasteiger partial charge is 0.482 e. The fourth-order valence-electron chi connectivity index (χ4n) is 4.37. The number of halogens is 1. The number of nitrogens with zero attached hydrogens (tertiary/aromatic N) is 3. The molecular weight excluding hydrogens is 464 g/mol. The van der Waals surface area contributed by atoms with E-state index in [0.717, 1.165) is 41.8 Å². The number of rotatable bonds is 7. The van der Waals surface area contributed by atoms with Gasteiger partial charge in [-0.25, -0.2) is 4.98 Å². The molecule has 0 spiro atoms. The molecule has 0 radical (unpaired) electrons. The van der Waals surface area contributed by atoms with Crippen LogP contribution in [0.5, 0.6) is 5.75 Å². The smallest absolute Gasteiger partial charge is 0.265 e. The van der Waals surface area contributed by atoms with E-state index in [1.807, 2.05) is 42.5 Å². The van der Waals surface area contributed by atoms with Gasteiger partial charge in [0.05, 0.1) is 16.7 Å². The Labute approximate surface area is 208 Å². The highest BCUT2D eigenvalue weighted by atomic mass is 35.5. The first-order valence-corrected chi connectivity index (χ1v) is 12.0. The number of ether oxygens (including phenoxy) is 1. The number of benzene rings is 3. The van der Waals surface area contributed by atoms with E-state index in [-0.39, 0.29) is 25.0 Å². The number of hydrogen-bond acceptors (Lipinski definition) is 4. The van der Waals surface area contributed by atoms with E-state index in [1.165, 1.54) is 4.90 Å². The minimum atomic E-state index is -0.296. The molecule has 0 saturated carbocycles. The van der Waals surface area contributed by atoms with E-state index in [4.69, 9.17) is 21.3 Å². The summed E-state index contributed by atoms with van der Waals surface area (Å²) < 4.78 is 7.69. The minimum Gasteiger partial charge on any atom is -0.482 e. The van der Waals surface area contributed by atoms with Crippen molar-refractivity contribution in [3.63, 3.8) is 0 Å². The molecule has 8 heteroatoms. The monoisotopic (exact) mass is 488 g/mol.